The van der Waals surface area contributed by atoms with E-state index >= 15 is 0 Å². The van der Waals surface area contributed by atoms with Gasteiger partial charge in [-0.15, -0.1) is 0 Å². The molecule has 2 fully saturated rings. The van der Waals surface area contributed by atoms with Crippen LogP contribution >= 0.6 is 0 Å². The summed E-state index contributed by atoms with van der Waals surface area (Å²) in [4.78, 5) is 35.1. The van der Waals surface area contributed by atoms with Crippen molar-refractivity contribution in [2.24, 2.45) is 5.92 Å². The molecule has 1 amide bonds. The maximum Gasteiger partial charge on any atom is 0.303 e. The third kappa shape index (κ3) is 8.05. The van der Waals surface area contributed by atoms with Gasteiger partial charge in [-0.05, 0) is 105 Å². The third-order valence-corrected chi connectivity index (χ3v) is 10.1. The number of aryl methyl sites for hydroxylation is 4. The second kappa shape index (κ2) is 15.8. The van der Waals surface area contributed by atoms with Crippen LogP contribution in [-0.2, 0) is 33.6 Å². The number of ether oxygens (including phenoxy) is 1. The fraction of sp³-hybridized carbons (Fsp3) is 0.513. The van der Waals surface area contributed by atoms with Crippen molar-refractivity contribution in [2.45, 2.75) is 78.6 Å². The summed E-state index contributed by atoms with van der Waals surface area (Å²) in [7, 11) is 0. The molecular formula is C39H51N3O4. The predicted octanol–water partition coefficient (Wildman–Crippen LogP) is 6.54. The van der Waals surface area contributed by atoms with Gasteiger partial charge >= 0.3 is 5.97 Å². The van der Waals surface area contributed by atoms with Crippen molar-refractivity contribution in [1.29, 1.82) is 0 Å². The van der Waals surface area contributed by atoms with Gasteiger partial charge < -0.3 is 14.7 Å². The van der Waals surface area contributed by atoms with E-state index in [1.807, 2.05) is 13.0 Å². The van der Waals surface area contributed by atoms with Crippen LogP contribution in [0, 0.1) is 26.7 Å². The number of carbonyl (C=O) groups excluding carboxylic acids is 1. The van der Waals surface area contributed by atoms with Crippen molar-refractivity contribution in [3.63, 3.8) is 0 Å². The molecular weight excluding hydrogens is 574 g/mol. The number of aliphatic carboxylic acids is 1. The molecule has 0 spiro atoms. The Hall–Kier alpha value is -3.55. The van der Waals surface area contributed by atoms with Crippen LogP contribution in [0.25, 0.3) is 11.1 Å². The maximum absolute atomic E-state index is 14.1. The van der Waals surface area contributed by atoms with Crippen molar-refractivity contribution in [3.8, 4) is 11.1 Å². The number of carboxylic acid groups (broad SMARTS) is 1. The number of hydrogen-bond acceptors (Lipinski definition) is 5. The van der Waals surface area contributed by atoms with Crippen molar-refractivity contribution in [2.75, 3.05) is 45.9 Å². The number of carboxylic acids is 1. The lowest BCUT2D eigenvalue weighted by atomic mass is 9.80. The van der Waals surface area contributed by atoms with Gasteiger partial charge in [-0.1, -0.05) is 55.5 Å². The third-order valence-electron chi connectivity index (χ3n) is 10.1. The van der Waals surface area contributed by atoms with Crippen LogP contribution in [0.15, 0.2) is 48.5 Å². The number of pyridine rings is 1. The highest BCUT2D eigenvalue weighted by molar-refractivity contribution is 5.84. The monoisotopic (exact) mass is 625 g/mol. The first-order valence-electron chi connectivity index (χ1n) is 17.2. The lowest BCUT2D eigenvalue weighted by Gasteiger charge is -2.39. The molecule has 1 unspecified atom stereocenters. The van der Waals surface area contributed by atoms with Gasteiger partial charge in [-0.3, -0.25) is 19.5 Å². The molecule has 2 aromatic carbocycles. The highest BCUT2D eigenvalue weighted by Gasteiger charge is 2.35. The van der Waals surface area contributed by atoms with Crippen LogP contribution in [-0.4, -0.2) is 77.7 Å². The van der Waals surface area contributed by atoms with E-state index < -0.39 is 5.97 Å². The van der Waals surface area contributed by atoms with Gasteiger partial charge in [0.1, 0.15) is 0 Å². The normalized spacial score (nSPS) is 16.8. The van der Waals surface area contributed by atoms with Gasteiger partial charge in [-0.2, -0.15) is 0 Å². The molecule has 1 atom stereocenters. The molecule has 1 N–H and O–H groups in total. The van der Waals surface area contributed by atoms with E-state index in [2.05, 4.69) is 73.0 Å². The topological polar surface area (TPSA) is 83.0 Å². The van der Waals surface area contributed by atoms with Crippen molar-refractivity contribution < 1.29 is 19.4 Å². The fourth-order valence-electron chi connectivity index (χ4n) is 7.48. The van der Waals surface area contributed by atoms with Gasteiger partial charge in [0.25, 0.3) is 0 Å². The Morgan fingerprint density at radius 1 is 0.935 bits per heavy atom. The Morgan fingerprint density at radius 3 is 2.28 bits per heavy atom. The van der Waals surface area contributed by atoms with Crippen molar-refractivity contribution in [3.05, 3.63) is 87.7 Å². The van der Waals surface area contributed by atoms with E-state index in [0.29, 0.717) is 12.3 Å². The van der Waals surface area contributed by atoms with Gasteiger partial charge in [-0.25, -0.2) is 0 Å². The average molecular weight is 626 g/mol. The zero-order valence-corrected chi connectivity index (χ0v) is 28.2. The number of piperazine rings is 1. The molecule has 46 heavy (non-hydrogen) atoms. The van der Waals surface area contributed by atoms with Crippen molar-refractivity contribution in [1.82, 2.24) is 14.8 Å². The maximum atomic E-state index is 14.1. The molecule has 1 aromatic heterocycles. The zero-order chi connectivity index (χ0) is 32.6. The fourth-order valence-corrected chi connectivity index (χ4v) is 7.48. The number of rotatable bonds is 12. The Labute approximate surface area is 275 Å². The minimum atomic E-state index is -0.793. The predicted molar refractivity (Wildman–Crippen MR) is 183 cm³/mol. The highest BCUT2D eigenvalue weighted by Crippen LogP contribution is 2.36. The van der Waals surface area contributed by atoms with Crippen LogP contribution < -0.4 is 0 Å². The minimum Gasteiger partial charge on any atom is -0.481 e. The summed E-state index contributed by atoms with van der Waals surface area (Å²) >= 11 is 0. The Kier molecular flexibility index (Phi) is 11.6. The summed E-state index contributed by atoms with van der Waals surface area (Å²) in [6, 6.07) is 17.1. The quantitative estimate of drug-likeness (QED) is 0.246. The first kappa shape index (κ1) is 33.8. The number of aromatic nitrogens is 1. The summed E-state index contributed by atoms with van der Waals surface area (Å²) in [5.41, 5.74) is 9.92. The van der Waals surface area contributed by atoms with Gasteiger partial charge in [0.2, 0.25) is 5.91 Å². The van der Waals surface area contributed by atoms with Gasteiger partial charge in [0, 0.05) is 62.8 Å². The number of nitrogens with zero attached hydrogens (tertiary/aromatic N) is 3. The molecule has 0 saturated carbocycles. The Balaban J connectivity index is 1.37. The van der Waals surface area contributed by atoms with E-state index in [1.165, 1.54) is 11.1 Å². The molecule has 3 aromatic rings. The van der Waals surface area contributed by atoms with Gasteiger partial charge in [0.05, 0.1) is 5.92 Å². The summed E-state index contributed by atoms with van der Waals surface area (Å²) < 4.78 is 5.68. The molecule has 2 aliphatic heterocycles. The minimum absolute atomic E-state index is 0.0920. The molecule has 0 bridgehead atoms. The van der Waals surface area contributed by atoms with E-state index in [1.54, 1.807) is 0 Å². The van der Waals surface area contributed by atoms with Crippen LogP contribution in [0.2, 0.25) is 0 Å². The molecule has 246 valence electrons. The highest BCUT2D eigenvalue weighted by atomic mass is 16.5. The number of carbonyl (C=O) groups is 2. The summed E-state index contributed by atoms with van der Waals surface area (Å²) in [6.07, 6.45) is 5.15. The molecule has 2 saturated heterocycles. The second-order valence-electron chi connectivity index (χ2n) is 13.2. The first-order valence-corrected chi connectivity index (χ1v) is 17.2. The van der Waals surface area contributed by atoms with Crippen molar-refractivity contribution >= 4 is 11.9 Å². The molecule has 3 heterocycles. The number of benzene rings is 2. The smallest absolute Gasteiger partial charge is 0.303 e. The van der Waals surface area contributed by atoms with E-state index in [-0.39, 0.29) is 18.2 Å². The summed E-state index contributed by atoms with van der Waals surface area (Å²) in [6.45, 7) is 14.5. The molecule has 7 heteroatoms. The summed E-state index contributed by atoms with van der Waals surface area (Å²) in [5, 5.41) is 9.36. The molecule has 2 aliphatic rings. The Morgan fingerprint density at radius 2 is 1.63 bits per heavy atom. The average Bonchev–Trinajstić information content (AvgIpc) is 3.06. The number of hydrogen-bond donors (Lipinski definition) is 1. The molecule has 0 aliphatic carbocycles. The molecule has 0 radical (unpaired) electrons. The van der Waals surface area contributed by atoms with Crippen LogP contribution in [0.1, 0.15) is 77.7 Å². The first-order chi connectivity index (χ1) is 22.3. The largest absolute Gasteiger partial charge is 0.481 e. The summed E-state index contributed by atoms with van der Waals surface area (Å²) in [5.74, 6) is -0.350. The lowest BCUT2D eigenvalue weighted by molar-refractivity contribution is -0.137. The number of amides is 1. The second-order valence-corrected chi connectivity index (χ2v) is 13.2. The lowest BCUT2D eigenvalue weighted by Crippen LogP contribution is -2.51. The van der Waals surface area contributed by atoms with E-state index in [4.69, 9.17) is 9.72 Å². The molecule has 5 rings (SSSR count). The van der Waals surface area contributed by atoms with E-state index in [9.17, 15) is 14.7 Å². The van der Waals surface area contributed by atoms with Crippen LogP contribution in [0.4, 0.5) is 0 Å². The standard InChI is InChI=1S/C39H51N3O4/c1-5-20-41-21-23-42(24-22-41)39(45)38(32-18-25-46-26-19-32)31-13-10-30(11-14-31)12-16-35-37(33-9-7-6-8-27(33)2)28(3)34(29(4)40-35)15-17-36(43)44/h6-11,13-14,32,38H,5,12,15-26H2,1-4H3,(H,43,44). The van der Waals surface area contributed by atoms with E-state index in [0.717, 1.165) is 117 Å². The Bertz CT molecular complexity index is 1490. The van der Waals surface area contributed by atoms with Gasteiger partial charge in [0.15, 0.2) is 0 Å². The van der Waals surface area contributed by atoms with Crippen LogP contribution in [0.3, 0.4) is 0 Å². The van der Waals surface area contributed by atoms with Crippen LogP contribution in [0.5, 0.6) is 0 Å². The zero-order valence-electron chi connectivity index (χ0n) is 28.2. The molecule has 7 nitrogen and oxygen atoms in total. The SMILES string of the molecule is CCCN1CCN(C(=O)C(c2ccc(CCc3nc(C)c(CCC(=O)O)c(C)c3-c3ccccc3C)cc2)C2CCOCC2)CC1.